The summed E-state index contributed by atoms with van der Waals surface area (Å²) in [6, 6.07) is 3.69. The van der Waals surface area contributed by atoms with Crippen molar-refractivity contribution in [3.05, 3.63) is 42.6 Å². The molecular formula is C16H21N5O. The average molecular weight is 299 g/mol. The number of aromatic nitrogens is 3. The van der Waals surface area contributed by atoms with Crippen LogP contribution >= 0.6 is 0 Å². The first-order chi connectivity index (χ1) is 10.6. The van der Waals surface area contributed by atoms with Gasteiger partial charge in [-0.25, -0.2) is 9.97 Å². The lowest BCUT2D eigenvalue weighted by Gasteiger charge is -2.34. The van der Waals surface area contributed by atoms with E-state index in [2.05, 4.69) is 9.97 Å². The number of carbonyl (C=O) groups excluding carboxylic acids is 1. The van der Waals surface area contributed by atoms with Gasteiger partial charge in [0.1, 0.15) is 12.1 Å². The third-order valence-electron chi connectivity index (χ3n) is 4.25. The second kappa shape index (κ2) is 6.27. The standard InChI is InChI=1S/C16H21N5O/c1-12(17)14-3-2-7-20(10-14)16(22)13-4-5-19-15(9-13)21-8-6-18-11-21/h4-6,8-9,11-12,14H,2-3,7,10,17H2,1H3/t12-,14+/m1/s1. The number of carbonyl (C=O) groups is 1. The molecule has 2 atom stereocenters. The van der Waals surface area contributed by atoms with Crippen LogP contribution in [0.25, 0.3) is 5.82 Å². The van der Waals surface area contributed by atoms with E-state index in [1.165, 1.54) is 0 Å². The minimum absolute atomic E-state index is 0.0501. The van der Waals surface area contributed by atoms with E-state index in [-0.39, 0.29) is 11.9 Å². The van der Waals surface area contributed by atoms with Crippen LogP contribution in [-0.2, 0) is 0 Å². The average Bonchev–Trinajstić information content (AvgIpc) is 3.09. The predicted molar refractivity (Wildman–Crippen MR) is 83.6 cm³/mol. The number of rotatable bonds is 3. The summed E-state index contributed by atoms with van der Waals surface area (Å²) in [4.78, 5) is 22.9. The summed E-state index contributed by atoms with van der Waals surface area (Å²) in [7, 11) is 0. The molecule has 2 N–H and O–H groups in total. The zero-order valence-corrected chi connectivity index (χ0v) is 12.7. The summed E-state index contributed by atoms with van der Waals surface area (Å²) in [5, 5.41) is 0. The smallest absolute Gasteiger partial charge is 0.254 e. The molecule has 0 saturated carbocycles. The van der Waals surface area contributed by atoms with Gasteiger partial charge in [0.15, 0.2) is 0 Å². The van der Waals surface area contributed by atoms with Crippen LogP contribution in [-0.4, -0.2) is 44.5 Å². The molecule has 6 nitrogen and oxygen atoms in total. The van der Waals surface area contributed by atoms with E-state index in [0.29, 0.717) is 17.3 Å². The highest BCUT2D eigenvalue weighted by Gasteiger charge is 2.26. The van der Waals surface area contributed by atoms with Crippen molar-refractivity contribution in [3.63, 3.8) is 0 Å². The summed E-state index contributed by atoms with van der Waals surface area (Å²) in [5.74, 6) is 1.13. The fraction of sp³-hybridized carbons (Fsp3) is 0.438. The Morgan fingerprint density at radius 1 is 1.45 bits per heavy atom. The SMILES string of the molecule is C[C@@H](N)[C@H]1CCCN(C(=O)c2ccnc(-n3ccnc3)c2)C1. The minimum Gasteiger partial charge on any atom is -0.338 e. The number of likely N-dealkylation sites (tertiary alicyclic amines) is 1. The zero-order chi connectivity index (χ0) is 15.5. The van der Waals surface area contributed by atoms with Crippen molar-refractivity contribution in [2.24, 2.45) is 11.7 Å². The van der Waals surface area contributed by atoms with Gasteiger partial charge in [0, 0.05) is 43.3 Å². The monoisotopic (exact) mass is 299 g/mol. The summed E-state index contributed by atoms with van der Waals surface area (Å²) >= 11 is 0. The van der Waals surface area contributed by atoms with Gasteiger partial charge in [0.25, 0.3) is 5.91 Å². The lowest BCUT2D eigenvalue weighted by Crippen LogP contribution is -2.45. The molecule has 0 spiro atoms. The van der Waals surface area contributed by atoms with Crippen LogP contribution in [0.2, 0.25) is 0 Å². The number of nitrogens with zero attached hydrogens (tertiary/aromatic N) is 4. The topological polar surface area (TPSA) is 77.0 Å². The molecule has 1 aliphatic heterocycles. The van der Waals surface area contributed by atoms with Crippen LogP contribution in [0.4, 0.5) is 0 Å². The number of piperidine rings is 1. The predicted octanol–water partition coefficient (Wildman–Crippen LogP) is 1.47. The van der Waals surface area contributed by atoms with E-state index in [1.54, 1.807) is 35.4 Å². The first kappa shape index (κ1) is 14.7. The second-order valence-electron chi connectivity index (χ2n) is 5.89. The number of hydrogen-bond donors (Lipinski definition) is 1. The minimum atomic E-state index is 0.0501. The molecule has 1 fully saturated rings. The molecule has 3 rings (SSSR count). The van der Waals surface area contributed by atoms with Crippen LogP contribution in [0, 0.1) is 5.92 Å². The fourth-order valence-electron chi connectivity index (χ4n) is 2.89. The van der Waals surface area contributed by atoms with E-state index in [9.17, 15) is 4.79 Å². The molecule has 22 heavy (non-hydrogen) atoms. The number of amides is 1. The molecule has 6 heteroatoms. The van der Waals surface area contributed by atoms with Gasteiger partial charge in [-0.3, -0.25) is 9.36 Å². The Morgan fingerprint density at radius 3 is 3.05 bits per heavy atom. The number of nitrogens with two attached hydrogens (primary N) is 1. The summed E-state index contributed by atoms with van der Waals surface area (Å²) < 4.78 is 1.79. The molecule has 2 aromatic rings. The largest absolute Gasteiger partial charge is 0.338 e. The Labute approximate surface area is 130 Å². The molecule has 0 aliphatic carbocycles. The second-order valence-corrected chi connectivity index (χ2v) is 5.89. The highest BCUT2D eigenvalue weighted by molar-refractivity contribution is 5.94. The van der Waals surface area contributed by atoms with Gasteiger partial charge < -0.3 is 10.6 Å². The van der Waals surface area contributed by atoms with Crippen LogP contribution in [0.1, 0.15) is 30.1 Å². The van der Waals surface area contributed by atoms with Gasteiger partial charge in [-0.2, -0.15) is 0 Å². The van der Waals surface area contributed by atoms with Crippen molar-refractivity contribution < 1.29 is 4.79 Å². The van der Waals surface area contributed by atoms with E-state index in [0.717, 1.165) is 25.9 Å². The summed E-state index contributed by atoms with van der Waals surface area (Å²) in [6.07, 6.45) is 8.94. The summed E-state index contributed by atoms with van der Waals surface area (Å²) in [6.45, 7) is 3.55. The summed E-state index contributed by atoms with van der Waals surface area (Å²) in [5.41, 5.74) is 6.65. The highest BCUT2D eigenvalue weighted by Crippen LogP contribution is 2.21. The molecule has 2 aromatic heterocycles. The van der Waals surface area contributed by atoms with Crippen LogP contribution < -0.4 is 5.73 Å². The molecular weight excluding hydrogens is 278 g/mol. The first-order valence-corrected chi connectivity index (χ1v) is 7.64. The Hall–Kier alpha value is -2.21. The Kier molecular flexibility index (Phi) is 4.20. The van der Waals surface area contributed by atoms with E-state index >= 15 is 0 Å². The van der Waals surface area contributed by atoms with Gasteiger partial charge in [-0.1, -0.05) is 0 Å². The van der Waals surface area contributed by atoms with Crippen molar-refractivity contribution in [1.82, 2.24) is 19.4 Å². The quantitative estimate of drug-likeness (QED) is 0.931. The van der Waals surface area contributed by atoms with Gasteiger partial charge in [0.05, 0.1) is 0 Å². The van der Waals surface area contributed by atoms with E-state index in [1.807, 2.05) is 18.0 Å². The van der Waals surface area contributed by atoms with Crippen molar-refractivity contribution in [2.75, 3.05) is 13.1 Å². The highest BCUT2D eigenvalue weighted by atomic mass is 16.2. The molecule has 116 valence electrons. The van der Waals surface area contributed by atoms with E-state index < -0.39 is 0 Å². The lowest BCUT2D eigenvalue weighted by molar-refractivity contribution is 0.0661. The molecule has 3 heterocycles. The maximum Gasteiger partial charge on any atom is 0.254 e. The van der Waals surface area contributed by atoms with Crippen LogP contribution in [0.5, 0.6) is 0 Å². The van der Waals surface area contributed by atoms with Crippen molar-refractivity contribution in [3.8, 4) is 5.82 Å². The first-order valence-electron chi connectivity index (χ1n) is 7.64. The number of hydrogen-bond acceptors (Lipinski definition) is 4. The molecule has 0 unspecified atom stereocenters. The Morgan fingerprint density at radius 2 is 2.32 bits per heavy atom. The maximum absolute atomic E-state index is 12.7. The van der Waals surface area contributed by atoms with Gasteiger partial charge in [-0.05, 0) is 37.8 Å². The third-order valence-corrected chi connectivity index (χ3v) is 4.25. The normalized spacial score (nSPS) is 19.9. The van der Waals surface area contributed by atoms with Crippen LogP contribution in [0.3, 0.4) is 0 Å². The number of imidazole rings is 1. The molecule has 1 amide bonds. The van der Waals surface area contributed by atoms with Crippen molar-refractivity contribution >= 4 is 5.91 Å². The van der Waals surface area contributed by atoms with E-state index in [4.69, 9.17) is 5.73 Å². The molecule has 0 radical (unpaired) electrons. The maximum atomic E-state index is 12.7. The number of pyridine rings is 1. The Balaban J connectivity index is 1.79. The molecule has 0 bridgehead atoms. The molecule has 1 aliphatic rings. The van der Waals surface area contributed by atoms with Gasteiger partial charge in [0.2, 0.25) is 0 Å². The van der Waals surface area contributed by atoms with Crippen molar-refractivity contribution in [2.45, 2.75) is 25.8 Å². The lowest BCUT2D eigenvalue weighted by atomic mass is 9.92. The molecule has 0 aromatic carbocycles. The third kappa shape index (κ3) is 3.01. The molecule has 1 saturated heterocycles. The van der Waals surface area contributed by atoms with Crippen LogP contribution in [0.15, 0.2) is 37.1 Å². The fourth-order valence-corrected chi connectivity index (χ4v) is 2.89. The van der Waals surface area contributed by atoms with Gasteiger partial charge in [-0.15, -0.1) is 0 Å². The zero-order valence-electron chi connectivity index (χ0n) is 12.7. The van der Waals surface area contributed by atoms with Crippen molar-refractivity contribution in [1.29, 1.82) is 0 Å². The Bertz CT molecular complexity index is 638. The van der Waals surface area contributed by atoms with Gasteiger partial charge >= 0.3 is 0 Å².